The van der Waals surface area contributed by atoms with Gasteiger partial charge in [-0.15, -0.1) is 0 Å². The molecule has 1 aromatic heterocycles. The molecule has 1 heterocycles. The van der Waals surface area contributed by atoms with Gasteiger partial charge in [-0.1, -0.05) is 24.0 Å². The lowest BCUT2D eigenvalue weighted by Gasteiger charge is -2.10. The predicted octanol–water partition coefficient (Wildman–Crippen LogP) is 2.55. The Labute approximate surface area is 106 Å². The van der Waals surface area contributed by atoms with Crippen LogP contribution < -0.4 is 0 Å². The smallest absolute Gasteiger partial charge is 0.239 e. The fourth-order valence-corrected chi connectivity index (χ4v) is 1.55. The zero-order chi connectivity index (χ0) is 13.2. The van der Waals surface area contributed by atoms with Crippen LogP contribution in [0.4, 0.5) is 0 Å². The van der Waals surface area contributed by atoms with Gasteiger partial charge in [0.15, 0.2) is 5.60 Å². The standard InChI is InChI=1S/C15H15NO2/c1-11-5-4-6-13(9-11)7-8-15(3,17)14-16-10-12(2)18-14/h4-6,9-10,17H,1-3H3/t15-/m0/s1. The summed E-state index contributed by atoms with van der Waals surface area (Å²) in [4.78, 5) is 4.00. The number of hydrogen-bond donors (Lipinski definition) is 1. The number of oxazole rings is 1. The van der Waals surface area contributed by atoms with Crippen LogP contribution in [0.25, 0.3) is 0 Å². The van der Waals surface area contributed by atoms with Crippen LogP contribution in [0.1, 0.15) is 29.7 Å². The lowest BCUT2D eigenvalue weighted by Crippen LogP contribution is -2.18. The third kappa shape index (κ3) is 2.79. The zero-order valence-electron chi connectivity index (χ0n) is 10.7. The van der Waals surface area contributed by atoms with E-state index in [1.165, 1.54) is 0 Å². The fraction of sp³-hybridized carbons (Fsp3) is 0.267. The highest BCUT2D eigenvalue weighted by atomic mass is 16.4. The summed E-state index contributed by atoms with van der Waals surface area (Å²) in [5.74, 6) is 6.59. The summed E-state index contributed by atoms with van der Waals surface area (Å²) < 4.78 is 5.30. The van der Waals surface area contributed by atoms with Crippen LogP contribution in [-0.4, -0.2) is 10.1 Å². The van der Waals surface area contributed by atoms with Gasteiger partial charge in [0.25, 0.3) is 0 Å². The van der Waals surface area contributed by atoms with Gasteiger partial charge in [0.2, 0.25) is 5.89 Å². The highest BCUT2D eigenvalue weighted by Crippen LogP contribution is 2.19. The molecule has 0 aliphatic heterocycles. The van der Waals surface area contributed by atoms with E-state index in [2.05, 4.69) is 16.8 Å². The summed E-state index contributed by atoms with van der Waals surface area (Å²) in [7, 11) is 0. The molecule has 3 heteroatoms. The molecule has 0 saturated carbocycles. The van der Waals surface area contributed by atoms with Crippen LogP contribution >= 0.6 is 0 Å². The molecule has 0 unspecified atom stereocenters. The van der Waals surface area contributed by atoms with Crippen molar-refractivity contribution in [3.63, 3.8) is 0 Å². The van der Waals surface area contributed by atoms with Crippen molar-refractivity contribution in [2.24, 2.45) is 0 Å². The summed E-state index contributed by atoms with van der Waals surface area (Å²) in [6.45, 7) is 5.35. The summed E-state index contributed by atoms with van der Waals surface area (Å²) in [5, 5.41) is 10.2. The van der Waals surface area contributed by atoms with Crippen molar-refractivity contribution < 1.29 is 9.52 Å². The first-order valence-corrected chi connectivity index (χ1v) is 5.72. The molecule has 1 aromatic carbocycles. The lowest BCUT2D eigenvalue weighted by atomic mass is 10.1. The SMILES string of the molecule is Cc1cccc(C#C[C@](C)(O)c2ncc(C)o2)c1. The van der Waals surface area contributed by atoms with Crippen LogP contribution in [0.15, 0.2) is 34.9 Å². The number of aliphatic hydroxyl groups is 1. The van der Waals surface area contributed by atoms with Crippen LogP contribution in [0.3, 0.4) is 0 Å². The van der Waals surface area contributed by atoms with Gasteiger partial charge in [-0.05, 0) is 38.5 Å². The summed E-state index contributed by atoms with van der Waals surface area (Å²) in [6, 6.07) is 7.80. The normalized spacial score (nSPS) is 13.6. The first-order chi connectivity index (χ1) is 8.47. The van der Waals surface area contributed by atoms with Gasteiger partial charge in [-0.2, -0.15) is 0 Å². The molecule has 0 radical (unpaired) electrons. The number of hydrogen-bond acceptors (Lipinski definition) is 3. The van der Waals surface area contributed by atoms with Crippen molar-refractivity contribution in [2.75, 3.05) is 0 Å². The second-order valence-electron chi connectivity index (χ2n) is 4.47. The van der Waals surface area contributed by atoms with Crippen molar-refractivity contribution in [1.29, 1.82) is 0 Å². The minimum absolute atomic E-state index is 0.222. The minimum atomic E-state index is -1.38. The van der Waals surface area contributed by atoms with E-state index in [1.54, 1.807) is 20.0 Å². The molecular weight excluding hydrogens is 226 g/mol. The summed E-state index contributed by atoms with van der Waals surface area (Å²) in [5.41, 5.74) is 0.616. The van der Waals surface area contributed by atoms with Gasteiger partial charge in [-0.25, -0.2) is 4.98 Å². The van der Waals surface area contributed by atoms with Gasteiger partial charge in [-0.3, -0.25) is 0 Å². The third-order valence-corrected chi connectivity index (χ3v) is 2.51. The predicted molar refractivity (Wildman–Crippen MR) is 68.9 cm³/mol. The molecular formula is C15H15NO2. The van der Waals surface area contributed by atoms with E-state index >= 15 is 0 Å². The Balaban J connectivity index is 2.28. The topological polar surface area (TPSA) is 46.3 Å². The Morgan fingerprint density at radius 1 is 1.33 bits per heavy atom. The van der Waals surface area contributed by atoms with Gasteiger partial charge in [0.05, 0.1) is 6.20 Å². The third-order valence-electron chi connectivity index (χ3n) is 2.51. The maximum absolute atomic E-state index is 10.2. The molecule has 0 aliphatic carbocycles. The highest BCUT2D eigenvalue weighted by Gasteiger charge is 2.25. The Morgan fingerprint density at radius 3 is 2.72 bits per heavy atom. The first-order valence-electron chi connectivity index (χ1n) is 5.72. The maximum Gasteiger partial charge on any atom is 0.239 e. The average Bonchev–Trinajstić information content (AvgIpc) is 2.74. The van der Waals surface area contributed by atoms with Crippen LogP contribution in [-0.2, 0) is 5.60 Å². The number of nitrogens with zero attached hydrogens (tertiary/aromatic N) is 1. The Hall–Kier alpha value is -2.05. The molecule has 0 aliphatic rings. The maximum atomic E-state index is 10.2. The van der Waals surface area contributed by atoms with E-state index in [-0.39, 0.29) is 5.89 Å². The summed E-state index contributed by atoms with van der Waals surface area (Å²) in [6.07, 6.45) is 1.57. The molecule has 0 spiro atoms. The molecule has 1 N–H and O–H groups in total. The largest absolute Gasteiger partial charge is 0.442 e. The van der Waals surface area contributed by atoms with Crippen molar-refractivity contribution in [3.05, 3.63) is 53.2 Å². The molecule has 0 fully saturated rings. The monoisotopic (exact) mass is 241 g/mol. The molecule has 2 rings (SSSR count). The quantitative estimate of drug-likeness (QED) is 0.780. The molecule has 3 nitrogen and oxygen atoms in total. The van der Waals surface area contributed by atoms with Gasteiger partial charge in [0.1, 0.15) is 5.76 Å². The number of aromatic nitrogens is 1. The first kappa shape index (κ1) is 12.4. The molecule has 0 saturated heterocycles. The van der Waals surface area contributed by atoms with Crippen LogP contribution in [0.5, 0.6) is 0 Å². The lowest BCUT2D eigenvalue weighted by molar-refractivity contribution is 0.0882. The van der Waals surface area contributed by atoms with Crippen molar-refractivity contribution >= 4 is 0 Å². The van der Waals surface area contributed by atoms with Crippen LogP contribution in [0.2, 0.25) is 0 Å². The fourth-order valence-electron chi connectivity index (χ4n) is 1.55. The average molecular weight is 241 g/mol. The molecule has 18 heavy (non-hydrogen) atoms. The van der Waals surface area contributed by atoms with E-state index in [4.69, 9.17) is 4.42 Å². The van der Waals surface area contributed by atoms with Gasteiger partial charge in [0, 0.05) is 5.56 Å². The van der Waals surface area contributed by atoms with E-state index in [0.29, 0.717) is 5.76 Å². The van der Waals surface area contributed by atoms with E-state index in [9.17, 15) is 5.11 Å². The second-order valence-corrected chi connectivity index (χ2v) is 4.47. The zero-order valence-corrected chi connectivity index (χ0v) is 10.7. The van der Waals surface area contributed by atoms with Crippen LogP contribution in [0, 0.1) is 25.7 Å². The van der Waals surface area contributed by atoms with Crippen molar-refractivity contribution in [1.82, 2.24) is 4.98 Å². The van der Waals surface area contributed by atoms with Crippen molar-refractivity contribution in [3.8, 4) is 11.8 Å². The molecule has 0 amide bonds. The molecule has 1 atom stereocenters. The van der Waals surface area contributed by atoms with Crippen molar-refractivity contribution in [2.45, 2.75) is 26.4 Å². The Morgan fingerprint density at radius 2 is 2.11 bits per heavy atom. The molecule has 2 aromatic rings. The second kappa shape index (κ2) is 4.67. The Kier molecular flexibility index (Phi) is 3.22. The number of benzene rings is 1. The van der Waals surface area contributed by atoms with E-state index in [1.807, 2.05) is 31.2 Å². The van der Waals surface area contributed by atoms with E-state index in [0.717, 1.165) is 11.1 Å². The summed E-state index contributed by atoms with van der Waals surface area (Å²) >= 11 is 0. The molecule has 0 bridgehead atoms. The highest BCUT2D eigenvalue weighted by molar-refractivity contribution is 5.38. The molecule has 92 valence electrons. The van der Waals surface area contributed by atoms with E-state index < -0.39 is 5.60 Å². The van der Waals surface area contributed by atoms with Gasteiger partial charge < -0.3 is 9.52 Å². The van der Waals surface area contributed by atoms with Gasteiger partial charge >= 0.3 is 0 Å². The minimum Gasteiger partial charge on any atom is -0.442 e. The number of rotatable bonds is 1. The Bertz CT molecular complexity index is 615. The number of aryl methyl sites for hydroxylation is 2.